The van der Waals surface area contributed by atoms with E-state index in [-0.39, 0.29) is 4.90 Å². The van der Waals surface area contributed by atoms with Gasteiger partial charge >= 0.3 is 0 Å². The Morgan fingerprint density at radius 3 is 2.84 bits per heavy atom. The highest BCUT2D eigenvalue weighted by molar-refractivity contribution is 7.98. The lowest BCUT2D eigenvalue weighted by atomic mass is 10.2. The van der Waals surface area contributed by atoms with E-state index in [2.05, 4.69) is 14.9 Å². The first kappa shape index (κ1) is 18.2. The molecule has 2 aromatic heterocycles. The van der Waals surface area contributed by atoms with Gasteiger partial charge in [0.15, 0.2) is 11.5 Å². The number of benzene rings is 1. The van der Waals surface area contributed by atoms with Crippen LogP contribution >= 0.6 is 23.4 Å². The zero-order chi connectivity index (χ0) is 17.9. The maximum Gasteiger partial charge on any atom is 0.241 e. The smallest absolute Gasteiger partial charge is 0.241 e. The molecule has 0 aliphatic carbocycles. The standard InChI is InChI=1S/C16H17ClN4O2S2/c1-24-10-8-14(16-19-18-15-7-2-3-9-21(15)16)20-25(22,23)13-6-4-5-12(17)11-13/h2-7,9,11,14,20H,8,10H2,1H3/t14-/m0/s1. The summed E-state index contributed by atoms with van der Waals surface area (Å²) in [6.45, 7) is 0. The molecule has 1 aromatic carbocycles. The monoisotopic (exact) mass is 396 g/mol. The zero-order valence-electron chi connectivity index (χ0n) is 13.5. The minimum absolute atomic E-state index is 0.128. The lowest BCUT2D eigenvalue weighted by molar-refractivity contribution is 0.536. The molecule has 0 amide bonds. The molecule has 6 nitrogen and oxygen atoms in total. The molecule has 1 atom stereocenters. The van der Waals surface area contributed by atoms with Crippen molar-refractivity contribution in [3.05, 3.63) is 59.5 Å². The fourth-order valence-corrected chi connectivity index (χ4v) is 4.46. The van der Waals surface area contributed by atoms with Crippen molar-refractivity contribution in [1.29, 1.82) is 0 Å². The van der Waals surface area contributed by atoms with Crippen LogP contribution in [0.1, 0.15) is 18.3 Å². The topological polar surface area (TPSA) is 76.4 Å². The summed E-state index contributed by atoms with van der Waals surface area (Å²) < 4.78 is 30.1. The number of fused-ring (bicyclic) bond motifs is 1. The lowest BCUT2D eigenvalue weighted by Gasteiger charge is -2.17. The number of halogens is 1. The fourth-order valence-electron chi connectivity index (χ4n) is 2.46. The normalized spacial score (nSPS) is 13.2. The number of aromatic nitrogens is 3. The second-order valence-electron chi connectivity index (χ2n) is 5.40. The highest BCUT2D eigenvalue weighted by Gasteiger charge is 2.25. The molecule has 0 unspecified atom stereocenters. The van der Waals surface area contributed by atoms with Crippen molar-refractivity contribution in [3.63, 3.8) is 0 Å². The summed E-state index contributed by atoms with van der Waals surface area (Å²) in [5, 5.41) is 8.68. The zero-order valence-corrected chi connectivity index (χ0v) is 15.9. The average molecular weight is 397 g/mol. The van der Waals surface area contributed by atoms with Crippen LogP contribution in [0, 0.1) is 0 Å². The number of nitrogens with one attached hydrogen (secondary N) is 1. The van der Waals surface area contributed by atoms with Gasteiger partial charge in [-0.25, -0.2) is 13.1 Å². The van der Waals surface area contributed by atoms with Crippen LogP contribution in [0.25, 0.3) is 5.65 Å². The predicted octanol–water partition coefficient (Wildman–Crippen LogP) is 3.16. The highest BCUT2D eigenvalue weighted by atomic mass is 35.5. The van der Waals surface area contributed by atoms with Crippen molar-refractivity contribution in [1.82, 2.24) is 19.3 Å². The second-order valence-corrected chi connectivity index (χ2v) is 8.54. The van der Waals surface area contributed by atoms with E-state index in [0.717, 1.165) is 5.75 Å². The summed E-state index contributed by atoms with van der Waals surface area (Å²) in [7, 11) is -3.73. The number of nitrogens with zero attached hydrogens (tertiary/aromatic N) is 3. The first-order chi connectivity index (χ1) is 12.0. The Morgan fingerprint density at radius 1 is 1.24 bits per heavy atom. The van der Waals surface area contributed by atoms with E-state index in [9.17, 15) is 8.42 Å². The van der Waals surface area contributed by atoms with Crippen LogP contribution in [0.2, 0.25) is 5.02 Å². The molecule has 0 saturated heterocycles. The van der Waals surface area contributed by atoms with Crippen LogP contribution in [0.5, 0.6) is 0 Å². The number of pyridine rings is 1. The Morgan fingerprint density at radius 2 is 2.08 bits per heavy atom. The molecule has 0 aliphatic heterocycles. The quantitative estimate of drug-likeness (QED) is 0.663. The van der Waals surface area contributed by atoms with Gasteiger partial charge in [0.05, 0.1) is 10.9 Å². The Balaban J connectivity index is 1.96. The molecule has 2 heterocycles. The van der Waals surface area contributed by atoms with Crippen molar-refractivity contribution in [2.45, 2.75) is 17.4 Å². The molecule has 0 radical (unpaired) electrons. The molecule has 0 spiro atoms. The summed E-state index contributed by atoms with van der Waals surface area (Å²) in [6.07, 6.45) is 4.39. The first-order valence-electron chi connectivity index (χ1n) is 7.58. The lowest BCUT2D eigenvalue weighted by Crippen LogP contribution is -2.30. The van der Waals surface area contributed by atoms with E-state index in [1.54, 1.807) is 28.3 Å². The molecular formula is C16H17ClN4O2S2. The molecular weight excluding hydrogens is 380 g/mol. The van der Waals surface area contributed by atoms with Gasteiger partial charge in [-0.2, -0.15) is 11.8 Å². The maximum absolute atomic E-state index is 12.8. The van der Waals surface area contributed by atoms with Gasteiger partial charge in [0.25, 0.3) is 0 Å². The average Bonchev–Trinajstić information content (AvgIpc) is 3.02. The SMILES string of the molecule is CSCC[C@H](NS(=O)(=O)c1cccc(Cl)c1)c1nnc2ccccn12. The molecule has 3 aromatic rings. The highest BCUT2D eigenvalue weighted by Crippen LogP contribution is 2.22. The van der Waals surface area contributed by atoms with Gasteiger partial charge in [-0.05, 0) is 48.8 Å². The number of rotatable bonds is 7. The molecule has 1 N–H and O–H groups in total. The van der Waals surface area contributed by atoms with Crippen molar-refractivity contribution in [3.8, 4) is 0 Å². The predicted molar refractivity (Wildman–Crippen MR) is 101 cm³/mol. The molecule has 3 rings (SSSR count). The van der Waals surface area contributed by atoms with E-state index in [4.69, 9.17) is 11.6 Å². The largest absolute Gasteiger partial charge is 0.285 e. The minimum atomic E-state index is -3.73. The van der Waals surface area contributed by atoms with E-state index in [1.165, 1.54) is 12.1 Å². The molecule has 0 fully saturated rings. The van der Waals surface area contributed by atoms with E-state index < -0.39 is 16.1 Å². The van der Waals surface area contributed by atoms with E-state index in [0.29, 0.717) is 22.9 Å². The Bertz CT molecular complexity index is 975. The van der Waals surface area contributed by atoms with Crippen molar-refractivity contribution in [2.75, 3.05) is 12.0 Å². The van der Waals surface area contributed by atoms with E-state index >= 15 is 0 Å². The number of hydrogen-bond donors (Lipinski definition) is 1. The third-order valence-corrected chi connectivity index (χ3v) is 6.01. The van der Waals surface area contributed by atoms with Gasteiger partial charge in [-0.3, -0.25) is 4.40 Å². The number of hydrogen-bond acceptors (Lipinski definition) is 5. The summed E-state index contributed by atoms with van der Waals surface area (Å²) in [5.74, 6) is 1.35. The van der Waals surface area contributed by atoms with Crippen LogP contribution < -0.4 is 4.72 Å². The number of sulfonamides is 1. The third kappa shape index (κ3) is 4.14. The summed E-state index contributed by atoms with van der Waals surface area (Å²) in [5.41, 5.74) is 0.675. The van der Waals surface area contributed by atoms with E-state index in [1.807, 2.05) is 30.7 Å². The molecule has 0 aliphatic rings. The van der Waals surface area contributed by atoms with Gasteiger partial charge in [0.1, 0.15) is 0 Å². The van der Waals surface area contributed by atoms with Gasteiger partial charge in [0, 0.05) is 11.2 Å². The van der Waals surface area contributed by atoms with Crippen molar-refractivity contribution >= 4 is 39.0 Å². The van der Waals surface area contributed by atoms with Gasteiger partial charge in [-0.1, -0.05) is 23.7 Å². The van der Waals surface area contributed by atoms with Crippen LogP contribution in [0.4, 0.5) is 0 Å². The Hall–Kier alpha value is -1.61. The van der Waals surface area contributed by atoms with Gasteiger partial charge in [0.2, 0.25) is 10.0 Å². The van der Waals surface area contributed by atoms with Gasteiger partial charge < -0.3 is 0 Å². The van der Waals surface area contributed by atoms with Crippen LogP contribution in [0.3, 0.4) is 0 Å². The van der Waals surface area contributed by atoms with Crippen molar-refractivity contribution < 1.29 is 8.42 Å². The molecule has 0 saturated carbocycles. The maximum atomic E-state index is 12.8. The third-order valence-electron chi connectivity index (χ3n) is 3.67. The molecule has 132 valence electrons. The summed E-state index contributed by atoms with van der Waals surface area (Å²) in [4.78, 5) is 0.128. The Kier molecular flexibility index (Phi) is 5.63. The van der Waals surface area contributed by atoms with Gasteiger partial charge in [-0.15, -0.1) is 10.2 Å². The second kappa shape index (κ2) is 7.74. The first-order valence-corrected chi connectivity index (χ1v) is 10.8. The number of thioether (sulfide) groups is 1. The molecule has 9 heteroatoms. The van der Waals surface area contributed by atoms with Crippen LogP contribution in [-0.4, -0.2) is 35.0 Å². The molecule has 25 heavy (non-hydrogen) atoms. The summed E-state index contributed by atoms with van der Waals surface area (Å²) >= 11 is 7.57. The molecule has 0 bridgehead atoms. The minimum Gasteiger partial charge on any atom is -0.285 e. The fraction of sp³-hybridized carbons (Fsp3) is 0.250. The van der Waals surface area contributed by atoms with Crippen molar-refractivity contribution in [2.24, 2.45) is 0 Å². The Labute approximate surface area is 155 Å². The van der Waals surface area contributed by atoms with Crippen LogP contribution in [0.15, 0.2) is 53.6 Å². The summed E-state index contributed by atoms with van der Waals surface area (Å²) in [6, 6.07) is 11.2. The van der Waals surface area contributed by atoms with Crippen LogP contribution in [-0.2, 0) is 10.0 Å².